The molecule has 2 atom stereocenters. The van der Waals surface area contributed by atoms with E-state index < -0.39 is 10.0 Å². The van der Waals surface area contributed by atoms with Gasteiger partial charge in [0.05, 0.1) is 11.7 Å². The van der Waals surface area contributed by atoms with Gasteiger partial charge in [-0.15, -0.1) is 0 Å². The Labute approximate surface area is 122 Å². The fraction of sp³-hybridized carbons (Fsp3) is 0.500. The van der Waals surface area contributed by atoms with E-state index in [4.69, 9.17) is 0 Å². The van der Waals surface area contributed by atoms with Gasteiger partial charge in [-0.1, -0.05) is 6.07 Å². The number of hydrogen-bond donors (Lipinski definition) is 2. The highest BCUT2D eigenvalue weighted by atomic mass is 32.2. The molecular weight excluding hydrogens is 296 g/mol. The molecule has 2 aromatic rings. The Bertz CT molecular complexity index is 713. The summed E-state index contributed by atoms with van der Waals surface area (Å²) in [5.41, 5.74) is 1.07. The van der Waals surface area contributed by atoms with Crippen LogP contribution in [0.2, 0.25) is 0 Å². The van der Waals surface area contributed by atoms with Crippen molar-refractivity contribution in [1.82, 2.24) is 18.8 Å². The molecule has 8 heteroatoms. The smallest absolute Gasteiger partial charge is 0.243 e. The van der Waals surface area contributed by atoms with Gasteiger partial charge in [-0.2, -0.15) is 8.75 Å². The van der Waals surface area contributed by atoms with Crippen LogP contribution in [-0.4, -0.2) is 35.8 Å². The molecule has 0 radical (unpaired) electrons. The second kappa shape index (κ2) is 5.36. The fourth-order valence-corrected chi connectivity index (χ4v) is 4.57. The lowest BCUT2D eigenvalue weighted by Crippen LogP contribution is -2.46. The molecule has 1 aliphatic heterocycles. The lowest BCUT2D eigenvalue weighted by atomic mass is 10.0. The predicted molar refractivity (Wildman–Crippen MR) is 78.2 cm³/mol. The molecule has 0 aliphatic carbocycles. The molecule has 1 aromatic carbocycles. The van der Waals surface area contributed by atoms with E-state index in [1.165, 1.54) is 0 Å². The molecule has 0 saturated carbocycles. The molecule has 1 fully saturated rings. The van der Waals surface area contributed by atoms with Crippen LogP contribution in [0.15, 0.2) is 23.1 Å². The van der Waals surface area contributed by atoms with Crippen LogP contribution in [-0.2, 0) is 10.0 Å². The quantitative estimate of drug-likeness (QED) is 0.887. The lowest BCUT2D eigenvalue weighted by molar-refractivity contribution is 0.361. The van der Waals surface area contributed by atoms with Crippen LogP contribution in [0.3, 0.4) is 0 Å². The van der Waals surface area contributed by atoms with Gasteiger partial charge in [-0.05, 0) is 38.4 Å². The van der Waals surface area contributed by atoms with Crippen LogP contribution in [0, 0.1) is 0 Å². The Morgan fingerprint density at radius 1 is 1.40 bits per heavy atom. The zero-order valence-electron chi connectivity index (χ0n) is 11.0. The van der Waals surface area contributed by atoms with E-state index >= 15 is 0 Å². The molecule has 1 saturated heterocycles. The van der Waals surface area contributed by atoms with Crippen molar-refractivity contribution in [3.63, 3.8) is 0 Å². The summed E-state index contributed by atoms with van der Waals surface area (Å²) >= 11 is 1.03. The molecule has 20 heavy (non-hydrogen) atoms. The van der Waals surface area contributed by atoms with Crippen molar-refractivity contribution in [3.05, 3.63) is 18.2 Å². The van der Waals surface area contributed by atoms with E-state index in [0.29, 0.717) is 17.1 Å². The summed E-state index contributed by atoms with van der Waals surface area (Å²) in [6, 6.07) is 5.34. The van der Waals surface area contributed by atoms with E-state index in [1.54, 1.807) is 18.2 Å². The second-order valence-electron chi connectivity index (χ2n) is 5.09. The monoisotopic (exact) mass is 312 g/mol. The van der Waals surface area contributed by atoms with Gasteiger partial charge in [0.1, 0.15) is 15.9 Å². The molecule has 2 N–H and O–H groups in total. The molecular formula is C12H16N4O2S2. The highest BCUT2D eigenvalue weighted by molar-refractivity contribution is 7.89. The molecule has 0 spiro atoms. The summed E-state index contributed by atoms with van der Waals surface area (Å²) in [4.78, 5) is 0.218. The summed E-state index contributed by atoms with van der Waals surface area (Å²) in [5.74, 6) is 0. The minimum Gasteiger partial charge on any atom is -0.314 e. The van der Waals surface area contributed by atoms with Crippen LogP contribution in [0.25, 0.3) is 11.0 Å². The first-order valence-electron chi connectivity index (χ1n) is 6.53. The molecule has 0 bridgehead atoms. The standard InChI is InChI=1S/C12H16N4O2S2/c1-8-7-9(5-6-13-8)16-20(17,18)11-4-2-3-10-12(11)15-19-14-10/h2-4,8-9,13,16H,5-7H2,1H3. The molecule has 2 unspecified atom stereocenters. The first kappa shape index (κ1) is 13.9. The van der Waals surface area contributed by atoms with Crippen LogP contribution < -0.4 is 10.0 Å². The fourth-order valence-electron chi connectivity index (χ4n) is 2.52. The summed E-state index contributed by atoms with van der Waals surface area (Å²) < 4.78 is 36.0. The van der Waals surface area contributed by atoms with Gasteiger partial charge in [0, 0.05) is 12.1 Å². The van der Waals surface area contributed by atoms with E-state index in [9.17, 15) is 8.42 Å². The van der Waals surface area contributed by atoms with Crippen LogP contribution in [0.5, 0.6) is 0 Å². The number of benzene rings is 1. The first-order chi connectivity index (χ1) is 9.56. The van der Waals surface area contributed by atoms with E-state index in [2.05, 4.69) is 25.7 Å². The number of fused-ring (bicyclic) bond motifs is 1. The van der Waals surface area contributed by atoms with Crippen molar-refractivity contribution >= 4 is 32.8 Å². The Morgan fingerprint density at radius 3 is 3.05 bits per heavy atom. The van der Waals surface area contributed by atoms with Crippen molar-refractivity contribution in [2.24, 2.45) is 0 Å². The largest absolute Gasteiger partial charge is 0.314 e. The van der Waals surface area contributed by atoms with Crippen molar-refractivity contribution in [3.8, 4) is 0 Å². The number of sulfonamides is 1. The highest BCUT2D eigenvalue weighted by Gasteiger charge is 2.26. The molecule has 0 amide bonds. The first-order valence-corrected chi connectivity index (χ1v) is 8.74. The summed E-state index contributed by atoms with van der Waals surface area (Å²) in [6.07, 6.45) is 1.60. The van der Waals surface area contributed by atoms with Crippen LogP contribution in [0.1, 0.15) is 19.8 Å². The zero-order valence-corrected chi connectivity index (χ0v) is 12.7. The Kier molecular flexibility index (Phi) is 3.72. The third-order valence-electron chi connectivity index (χ3n) is 3.48. The molecule has 1 aliphatic rings. The van der Waals surface area contributed by atoms with E-state index in [0.717, 1.165) is 31.1 Å². The highest BCUT2D eigenvalue weighted by Crippen LogP contribution is 2.22. The number of aromatic nitrogens is 2. The van der Waals surface area contributed by atoms with Crippen LogP contribution >= 0.6 is 11.7 Å². The predicted octanol–water partition coefficient (Wildman–Crippen LogP) is 1.11. The number of nitrogens with one attached hydrogen (secondary N) is 2. The number of rotatable bonds is 3. The minimum atomic E-state index is -3.55. The SMILES string of the molecule is CC1CC(NS(=O)(=O)c2cccc3nsnc23)CCN1. The van der Waals surface area contributed by atoms with Gasteiger partial charge in [0.25, 0.3) is 0 Å². The van der Waals surface area contributed by atoms with Gasteiger partial charge < -0.3 is 5.32 Å². The van der Waals surface area contributed by atoms with E-state index in [-0.39, 0.29) is 10.9 Å². The molecule has 2 heterocycles. The average Bonchev–Trinajstić information content (AvgIpc) is 2.85. The van der Waals surface area contributed by atoms with Crippen molar-refractivity contribution < 1.29 is 8.42 Å². The van der Waals surface area contributed by atoms with Crippen molar-refractivity contribution in [2.75, 3.05) is 6.54 Å². The maximum Gasteiger partial charge on any atom is 0.243 e. The number of hydrogen-bond acceptors (Lipinski definition) is 6. The maximum absolute atomic E-state index is 12.5. The van der Waals surface area contributed by atoms with Crippen molar-refractivity contribution in [2.45, 2.75) is 36.7 Å². The normalized spacial score (nSPS) is 24.1. The number of piperidine rings is 1. The van der Waals surface area contributed by atoms with Gasteiger partial charge in [0.15, 0.2) is 0 Å². The molecule has 3 rings (SSSR count). The third-order valence-corrected chi connectivity index (χ3v) is 5.58. The zero-order chi connectivity index (χ0) is 14.2. The topological polar surface area (TPSA) is 84.0 Å². The second-order valence-corrected chi connectivity index (χ2v) is 7.30. The molecule has 108 valence electrons. The maximum atomic E-state index is 12.5. The number of nitrogens with zero attached hydrogens (tertiary/aromatic N) is 2. The average molecular weight is 312 g/mol. The Balaban J connectivity index is 1.90. The summed E-state index contributed by atoms with van der Waals surface area (Å²) in [5, 5.41) is 3.31. The Hall–Kier alpha value is -1.09. The summed E-state index contributed by atoms with van der Waals surface area (Å²) in [6.45, 7) is 2.89. The van der Waals surface area contributed by atoms with Gasteiger partial charge in [-0.25, -0.2) is 13.1 Å². The Morgan fingerprint density at radius 2 is 2.25 bits per heavy atom. The van der Waals surface area contributed by atoms with Crippen LogP contribution in [0.4, 0.5) is 0 Å². The van der Waals surface area contributed by atoms with Gasteiger partial charge >= 0.3 is 0 Å². The minimum absolute atomic E-state index is 0.0295. The third kappa shape index (κ3) is 2.69. The summed E-state index contributed by atoms with van der Waals surface area (Å²) in [7, 11) is -3.55. The molecule has 6 nitrogen and oxygen atoms in total. The van der Waals surface area contributed by atoms with Crippen molar-refractivity contribution in [1.29, 1.82) is 0 Å². The van der Waals surface area contributed by atoms with Gasteiger partial charge in [0.2, 0.25) is 10.0 Å². The van der Waals surface area contributed by atoms with E-state index in [1.807, 2.05) is 0 Å². The molecule has 1 aromatic heterocycles. The lowest BCUT2D eigenvalue weighted by Gasteiger charge is -2.28. The van der Waals surface area contributed by atoms with Gasteiger partial charge in [-0.3, -0.25) is 0 Å².